The van der Waals surface area contributed by atoms with E-state index in [2.05, 4.69) is 14.8 Å². The molecule has 11 heteroatoms. The van der Waals surface area contributed by atoms with E-state index >= 15 is 0 Å². The molecule has 0 spiro atoms. The maximum atomic E-state index is 12.3. The molecule has 2 aromatic heterocycles. The first kappa shape index (κ1) is 16.6. The Labute approximate surface area is 138 Å². The molecular weight excluding hydrogens is 336 g/mol. The van der Waals surface area contributed by atoms with Crippen LogP contribution in [0.25, 0.3) is 5.65 Å². The van der Waals surface area contributed by atoms with Gasteiger partial charge in [-0.1, -0.05) is 9.61 Å². The SMILES string of the molecule is CC(C)NS(=O)(=O)C1CCN(c2ccc3ncc([N+](=O)[O-])n3n2)C1. The summed E-state index contributed by atoms with van der Waals surface area (Å²) in [5.41, 5.74) is 0.371. The van der Waals surface area contributed by atoms with E-state index in [1.165, 1.54) is 0 Å². The Hall–Kier alpha value is -2.27. The van der Waals surface area contributed by atoms with Gasteiger partial charge in [0.1, 0.15) is 6.20 Å². The highest BCUT2D eigenvalue weighted by Crippen LogP contribution is 2.23. The van der Waals surface area contributed by atoms with Crippen LogP contribution in [0.5, 0.6) is 0 Å². The van der Waals surface area contributed by atoms with Gasteiger partial charge < -0.3 is 15.0 Å². The van der Waals surface area contributed by atoms with E-state index in [0.717, 1.165) is 10.7 Å². The average molecular weight is 354 g/mol. The fraction of sp³-hybridized carbons (Fsp3) is 0.538. The molecule has 3 rings (SSSR count). The smallest absolute Gasteiger partial charge is 0.358 e. The van der Waals surface area contributed by atoms with Gasteiger partial charge in [-0.15, -0.1) is 0 Å². The second-order valence-electron chi connectivity index (χ2n) is 6.01. The van der Waals surface area contributed by atoms with Crippen LogP contribution < -0.4 is 9.62 Å². The van der Waals surface area contributed by atoms with Gasteiger partial charge in [-0.2, -0.15) is 0 Å². The lowest BCUT2D eigenvalue weighted by Crippen LogP contribution is -2.39. The Morgan fingerprint density at radius 2 is 2.17 bits per heavy atom. The lowest BCUT2D eigenvalue weighted by molar-refractivity contribution is -0.391. The average Bonchev–Trinajstić information content (AvgIpc) is 3.12. The van der Waals surface area contributed by atoms with Crippen molar-refractivity contribution in [2.24, 2.45) is 0 Å². The third kappa shape index (κ3) is 3.04. The van der Waals surface area contributed by atoms with Gasteiger partial charge in [-0.3, -0.25) is 0 Å². The van der Waals surface area contributed by atoms with Crippen LogP contribution in [0.1, 0.15) is 20.3 Å². The molecule has 0 amide bonds. The number of fused-ring (bicyclic) bond motifs is 1. The number of rotatable bonds is 5. The van der Waals surface area contributed by atoms with Crippen LogP contribution in [0.4, 0.5) is 11.6 Å². The minimum atomic E-state index is -3.40. The van der Waals surface area contributed by atoms with E-state index in [4.69, 9.17) is 0 Å². The van der Waals surface area contributed by atoms with Gasteiger partial charge in [-0.25, -0.2) is 18.1 Å². The van der Waals surface area contributed by atoms with E-state index in [-0.39, 0.29) is 11.9 Å². The van der Waals surface area contributed by atoms with E-state index in [0.29, 0.717) is 31.0 Å². The molecule has 1 N–H and O–H groups in total. The van der Waals surface area contributed by atoms with Gasteiger partial charge in [0.15, 0.2) is 5.82 Å². The van der Waals surface area contributed by atoms with E-state index in [9.17, 15) is 18.5 Å². The van der Waals surface area contributed by atoms with Crippen LogP contribution in [-0.4, -0.2) is 52.3 Å². The van der Waals surface area contributed by atoms with Crippen molar-refractivity contribution in [2.45, 2.75) is 31.6 Å². The molecule has 24 heavy (non-hydrogen) atoms. The molecule has 130 valence electrons. The molecular formula is C13H18N6O4S. The van der Waals surface area contributed by atoms with Crippen LogP contribution in [0.2, 0.25) is 0 Å². The maximum absolute atomic E-state index is 12.3. The van der Waals surface area contributed by atoms with Crippen molar-refractivity contribution in [1.29, 1.82) is 0 Å². The molecule has 0 aromatic carbocycles. The summed E-state index contributed by atoms with van der Waals surface area (Å²) in [6.07, 6.45) is 1.63. The molecule has 1 unspecified atom stereocenters. The minimum absolute atomic E-state index is 0.160. The van der Waals surface area contributed by atoms with Crippen LogP contribution >= 0.6 is 0 Å². The summed E-state index contributed by atoms with van der Waals surface area (Å²) in [4.78, 5) is 16.2. The first-order valence-electron chi connectivity index (χ1n) is 7.53. The number of hydrogen-bond acceptors (Lipinski definition) is 7. The van der Waals surface area contributed by atoms with E-state index < -0.39 is 20.2 Å². The highest BCUT2D eigenvalue weighted by atomic mass is 32.2. The summed E-state index contributed by atoms with van der Waals surface area (Å²) in [5.74, 6) is 0.266. The first-order valence-corrected chi connectivity index (χ1v) is 9.08. The quantitative estimate of drug-likeness (QED) is 0.614. The summed E-state index contributed by atoms with van der Waals surface area (Å²) >= 11 is 0. The molecule has 1 atom stereocenters. The third-order valence-corrected chi connectivity index (χ3v) is 5.89. The monoisotopic (exact) mass is 354 g/mol. The molecule has 1 fully saturated rings. The highest BCUT2D eigenvalue weighted by molar-refractivity contribution is 7.90. The highest BCUT2D eigenvalue weighted by Gasteiger charge is 2.34. The molecule has 1 aliphatic heterocycles. The Bertz CT molecular complexity index is 878. The van der Waals surface area contributed by atoms with Crippen molar-refractivity contribution >= 4 is 27.3 Å². The number of imidazole rings is 1. The number of anilines is 1. The Kier molecular flexibility index (Phi) is 4.13. The number of nitrogens with one attached hydrogen (secondary N) is 1. The summed E-state index contributed by atoms with van der Waals surface area (Å²) in [6, 6.07) is 3.16. The Morgan fingerprint density at radius 1 is 1.42 bits per heavy atom. The summed E-state index contributed by atoms with van der Waals surface area (Å²) < 4.78 is 28.3. The zero-order chi connectivity index (χ0) is 17.5. The fourth-order valence-corrected chi connectivity index (χ4v) is 4.40. The standard InChI is InChI=1S/C13H18N6O4S/c1-9(2)16-24(22,23)10-5-6-17(8-10)12-4-3-11-14-7-13(19(20)21)18(11)15-12/h3-4,7,9-10,16H,5-6,8H2,1-2H3. The van der Waals surface area contributed by atoms with Gasteiger partial charge in [0.2, 0.25) is 15.7 Å². The second kappa shape index (κ2) is 5.98. The molecule has 0 bridgehead atoms. The van der Waals surface area contributed by atoms with Crippen molar-refractivity contribution in [1.82, 2.24) is 19.3 Å². The topological polar surface area (TPSA) is 123 Å². The third-order valence-electron chi connectivity index (χ3n) is 3.83. The maximum Gasteiger partial charge on any atom is 0.368 e. The molecule has 2 aromatic rings. The number of aromatic nitrogens is 3. The minimum Gasteiger partial charge on any atom is -0.358 e. The van der Waals surface area contributed by atoms with Gasteiger partial charge in [0.05, 0.1) is 5.25 Å². The molecule has 3 heterocycles. The van der Waals surface area contributed by atoms with Gasteiger partial charge in [0, 0.05) is 25.2 Å². The lowest BCUT2D eigenvalue weighted by atomic mass is 10.4. The molecule has 1 aliphatic rings. The van der Waals surface area contributed by atoms with Crippen LogP contribution in [0.3, 0.4) is 0 Å². The zero-order valence-electron chi connectivity index (χ0n) is 13.3. The van der Waals surface area contributed by atoms with E-state index in [1.807, 2.05) is 4.90 Å². The van der Waals surface area contributed by atoms with E-state index in [1.54, 1.807) is 26.0 Å². The number of nitrogens with zero attached hydrogens (tertiary/aromatic N) is 5. The normalized spacial score (nSPS) is 18.6. The van der Waals surface area contributed by atoms with Crippen molar-refractivity contribution in [2.75, 3.05) is 18.0 Å². The van der Waals surface area contributed by atoms with Gasteiger partial charge in [0.25, 0.3) is 0 Å². The molecule has 1 saturated heterocycles. The predicted octanol–water partition coefficient (Wildman–Crippen LogP) is 0.544. The summed E-state index contributed by atoms with van der Waals surface area (Å²) in [6.45, 7) is 4.36. The van der Waals surface area contributed by atoms with Crippen LogP contribution in [-0.2, 0) is 10.0 Å². The summed E-state index contributed by atoms with van der Waals surface area (Å²) in [5, 5.41) is 14.7. The predicted molar refractivity (Wildman–Crippen MR) is 87.5 cm³/mol. The van der Waals surface area contributed by atoms with Crippen molar-refractivity contribution in [3.8, 4) is 0 Å². The Morgan fingerprint density at radius 3 is 2.83 bits per heavy atom. The number of nitro groups is 1. The molecule has 10 nitrogen and oxygen atoms in total. The molecule has 0 saturated carbocycles. The summed E-state index contributed by atoms with van der Waals surface area (Å²) in [7, 11) is -3.40. The van der Waals surface area contributed by atoms with Crippen molar-refractivity contribution < 1.29 is 13.3 Å². The fourth-order valence-electron chi connectivity index (χ4n) is 2.76. The second-order valence-corrected chi connectivity index (χ2v) is 8.00. The van der Waals surface area contributed by atoms with Crippen molar-refractivity contribution in [3.63, 3.8) is 0 Å². The Balaban J connectivity index is 1.84. The largest absolute Gasteiger partial charge is 0.368 e. The van der Waals surface area contributed by atoms with Crippen molar-refractivity contribution in [3.05, 3.63) is 28.4 Å². The first-order chi connectivity index (χ1) is 11.3. The number of sulfonamides is 1. The van der Waals surface area contributed by atoms with Gasteiger partial charge in [-0.05, 0) is 31.3 Å². The lowest BCUT2D eigenvalue weighted by Gasteiger charge is -2.17. The zero-order valence-corrected chi connectivity index (χ0v) is 14.1. The number of hydrogen-bond donors (Lipinski definition) is 1. The molecule has 0 radical (unpaired) electrons. The van der Waals surface area contributed by atoms with Crippen LogP contribution in [0.15, 0.2) is 18.3 Å². The van der Waals surface area contributed by atoms with Crippen LogP contribution in [0, 0.1) is 10.1 Å². The van der Waals surface area contributed by atoms with Gasteiger partial charge >= 0.3 is 5.82 Å². The molecule has 0 aliphatic carbocycles.